The SMILES string of the molecule is c1ccc(-c2ccc(-c3nc(-c4ccc(-c5ccccc5)cc4)nc(-c4cccc(-c5cccc(-c6ccccc6)c5-c5ccc6ccccc6c5)c4)n3)cc2)cc1. The van der Waals surface area contributed by atoms with E-state index in [1.54, 1.807) is 0 Å². The normalized spacial score (nSPS) is 11.1. The largest absolute Gasteiger partial charge is 0.208 e. The van der Waals surface area contributed by atoms with E-state index in [4.69, 9.17) is 15.0 Å². The molecule has 0 N–H and O–H groups in total. The van der Waals surface area contributed by atoms with E-state index in [1.165, 1.54) is 44.2 Å². The zero-order valence-electron chi connectivity index (χ0n) is 31.7. The van der Waals surface area contributed by atoms with Crippen molar-refractivity contribution in [3.05, 3.63) is 224 Å². The minimum atomic E-state index is 0.618. The van der Waals surface area contributed by atoms with E-state index in [2.05, 4.69) is 212 Å². The maximum Gasteiger partial charge on any atom is 0.164 e. The van der Waals surface area contributed by atoms with Gasteiger partial charge in [-0.3, -0.25) is 0 Å². The Bertz CT molecular complexity index is 2910. The highest BCUT2D eigenvalue weighted by atomic mass is 15.0. The number of rotatable bonds is 8. The number of hydrogen-bond donors (Lipinski definition) is 0. The van der Waals surface area contributed by atoms with E-state index >= 15 is 0 Å². The average molecular weight is 740 g/mol. The molecule has 10 aromatic rings. The zero-order valence-corrected chi connectivity index (χ0v) is 31.7. The quantitative estimate of drug-likeness (QED) is 0.156. The summed E-state index contributed by atoms with van der Waals surface area (Å²) in [6.07, 6.45) is 0. The molecule has 0 saturated heterocycles. The third-order valence-electron chi connectivity index (χ3n) is 10.8. The molecule has 0 bridgehead atoms. The smallest absolute Gasteiger partial charge is 0.164 e. The molecule has 0 saturated carbocycles. The van der Waals surface area contributed by atoms with E-state index in [9.17, 15) is 0 Å². The Morgan fingerprint density at radius 1 is 0.207 bits per heavy atom. The number of fused-ring (bicyclic) bond motifs is 1. The van der Waals surface area contributed by atoms with Crippen molar-refractivity contribution in [3.63, 3.8) is 0 Å². The maximum absolute atomic E-state index is 5.16. The fraction of sp³-hybridized carbons (Fsp3) is 0. The highest BCUT2D eigenvalue weighted by Gasteiger charge is 2.17. The summed E-state index contributed by atoms with van der Waals surface area (Å²) in [6.45, 7) is 0. The van der Waals surface area contributed by atoms with Crippen molar-refractivity contribution >= 4 is 10.8 Å². The average Bonchev–Trinajstić information content (AvgIpc) is 3.32. The molecule has 0 amide bonds. The van der Waals surface area contributed by atoms with Gasteiger partial charge in [-0.25, -0.2) is 15.0 Å². The van der Waals surface area contributed by atoms with Crippen LogP contribution in [-0.2, 0) is 0 Å². The van der Waals surface area contributed by atoms with Crippen LogP contribution in [0.4, 0.5) is 0 Å². The second-order valence-corrected chi connectivity index (χ2v) is 14.4. The van der Waals surface area contributed by atoms with E-state index < -0.39 is 0 Å². The van der Waals surface area contributed by atoms with Crippen LogP contribution in [0.25, 0.3) is 101 Å². The van der Waals surface area contributed by atoms with Gasteiger partial charge in [-0.05, 0) is 78.5 Å². The van der Waals surface area contributed by atoms with Gasteiger partial charge in [-0.2, -0.15) is 0 Å². The number of benzene rings is 9. The van der Waals surface area contributed by atoms with Crippen molar-refractivity contribution < 1.29 is 0 Å². The van der Waals surface area contributed by atoms with E-state index in [0.29, 0.717) is 17.5 Å². The summed E-state index contributed by atoms with van der Waals surface area (Å²) in [7, 11) is 0. The van der Waals surface area contributed by atoms with Crippen LogP contribution in [-0.4, -0.2) is 15.0 Å². The van der Waals surface area contributed by atoms with Gasteiger partial charge in [-0.1, -0.05) is 212 Å². The lowest BCUT2D eigenvalue weighted by Crippen LogP contribution is -2.00. The zero-order chi connectivity index (χ0) is 38.7. The lowest BCUT2D eigenvalue weighted by atomic mass is 9.86. The molecule has 1 heterocycles. The van der Waals surface area contributed by atoms with Gasteiger partial charge in [0.05, 0.1) is 0 Å². The Kier molecular flexibility index (Phi) is 9.23. The van der Waals surface area contributed by atoms with E-state index in [0.717, 1.165) is 38.9 Å². The minimum Gasteiger partial charge on any atom is -0.208 e. The van der Waals surface area contributed by atoms with Gasteiger partial charge in [0.15, 0.2) is 17.5 Å². The van der Waals surface area contributed by atoms with Gasteiger partial charge >= 0.3 is 0 Å². The molecule has 0 fully saturated rings. The number of nitrogens with zero attached hydrogens (tertiary/aromatic N) is 3. The second kappa shape index (κ2) is 15.4. The molecular formula is C55H37N3. The van der Waals surface area contributed by atoms with Gasteiger partial charge in [0.25, 0.3) is 0 Å². The first kappa shape index (κ1) is 34.7. The summed E-state index contributed by atoms with van der Waals surface area (Å²) >= 11 is 0. The molecule has 0 unspecified atom stereocenters. The molecule has 0 spiro atoms. The second-order valence-electron chi connectivity index (χ2n) is 14.4. The van der Waals surface area contributed by atoms with Crippen molar-refractivity contribution in [2.75, 3.05) is 0 Å². The molecule has 10 rings (SSSR count). The Morgan fingerprint density at radius 2 is 0.586 bits per heavy atom. The lowest BCUT2D eigenvalue weighted by Gasteiger charge is -2.17. The first-order valence-corrected chi connectivity index (χ1v) is 19.6. The van der Waals surface area contributed by atoms with Gasteiger partial charge < -0.3 is 0 Å². The van der Waals surface area contributed by atoms with Crippen LogP contribution >= 0.6 is 0 Å². The highest BCUT2D eigenvalue weighted by molar-refractivity contribution is 5.98. The lowest BCUT2D eigenvalue weighted by molar-refractivity contribution is 1.07. The van der Waals surface area contributed by atoms with Crippen LogP contribution in [0.2, 0.25) is 0 Å². The predicted octanol–water partition coefficient (Wildman–Crippen LogP) is 14.4. The maximum atomic E-state index is 5.16. The third kappa shape index (κ3) is 6.98. The Balaban J connectivity index is 1.11. The van der Waals surface area contributed by atoms with Crippen LogP contribution in [0.3, 0.4) is 0 Å². The monoisotopic (exact) mass is 739 g/mol. The van der Waals surface area contributed by atoms with Gasteiger partial charge in [0.2, 0.25) is 0 Å². The Labute approximate surface area is 338 Å². The standard InChI is InChI=1S/C55H37N3/c1-4-14-38(15-5-1)41-26-31-44(32-27-41)53-56-54(45-33-28-42(29-34-45)39-16-6-2-7-17-39)58-55(57-53)49-23-12-22-47(37-49)51-25-13-24-50(43-19-8-3-9-20-43)52(51)48-35-30-40-18-10-11-21-46(40)36-48/h1-37H. The third-order valence-corrected chi connectivity index (χ3v) is 10.8. The summed E-state index contributed by atoms with van der Waals surface area (Å²) in [4.78, 5) is 15.4. The van der Waals surface area contributed by atoms with Crippen molar-refractivity contribution in [3.8, 4) is 89.8 Å². The number of aromatic nitrogens is 3. The molecule has 0 aliphatic carbocycles. The minimum absolute atomic E-state index is 0.618. The molecule has 58 heavy (non-hydrogen) atoms. The summed E-state index contributed by atoms with van der Waals surface area (Å²) in [5.74, 6) is 1.87. The first-order valence-electron chi connectivity index (χ1n) is 19.6. The van der Waals surface area contributed by atoms with Crippen LogP contribution in [0.1, 0.15) is 0 Å². The molecule has 272 valence electrons. The molecule has 0 aliphatic rings. The van der Waals surface area contributed by atoms with Crippen LogP contribution in [0.15, 0.2) is 224 Å². The van der Waals surface area contributed by atoms with Crippen LogP contribution in [0.5, 0.6) is 0 Å². The molecule has 9 aromatic carbocycles. The molecule has 1 aromatic heterocycles. The van der Waals surface area contributed by atoms with Crippen LogP contribution < -0.4 is 0 Å². The first-order chi connectivity index (χ1) is 28.7. The van der Waals surface area contributed by atoms with Gasteiger partial charge in [0.1, 0.15) is 0 Å². The Morgan fingerprint density at radius 3 is 1.16 bits per heavy atom. The fourth-order valence-electron chi connectivity index (χ4n) is 7.78. The summed E-state index contributed by atoms with van der Waals surface area (Å²) in [5, 5.41) is 2.43. The summed E-state index contributed by atoms with van der Waals surface area (Å²) in [6, 6.07) is 79.0. The Hall–Kier alpha value is -7.75. The van der Waals surface area contributed by atoms with E-state index in [1.807, 2.05) is 12.1 Å². The van der Waals surface area contributed by atoms with Gasteiger partial charge in [-0.15, -0.1) is 0 Å². The highest BCUT2D eigenvalue weighted by Crippen LogP contribution is 2.42. The predicted molar refractivity (Wildman–Crippen MR) is 241 cm³/mol. The van der Waals surface area contributed by atoms with Gasteiger partial charge in [0, 0.05) is 16.7 Å². The fourth-order valence-corrected chi connectivity index (χ4v) is 7.78. The van der Waals surface area contributed by atoms with Crippen molar-refractivity contribution in [1.29, 1.82) is 0 Å². The van der Waals surface area contributed by atoms with Crippen LogP contribution in [0, 0.1) is 0 Å². The van der Waals surface area contributed by atoms with Crippen molar-refractivity contribution in [2.24, 2.45) is 0 Å². The molecule has 0 aliphatic heterocycles. The number of hydrogen-bond acceptors (Lipinski definition) is 3. The van der Waals surface area contributed by atoms with Crippen molar-refractivity contribution in [2.45, 2.75) is 0 Å². The molecule has 3 nitrogen and oxygen atoms in total. The molecular weight excluding hydrogens is 703 g/mol. The molecule has 0 radical (unpaired) electrons. The molecule has 3 heteroatoms. The molecule has 0 atom stereocenters. The van der Waals surface area contributed by atoms with E-state index in [-0.39, 0.29) is 0 Å². The summed E-state index contributed by atoms with van der Waals surface area (Å²) in [5.41, 5.74) is 14.3. The summed E-state index contributed by atoms with van der Waals surface area (Å²) < 4.78 is 0. The topological polar surface area (TPSA) is 38.7 Å². The van der Waals surface area contributed by atoms with Crippen molar-refractivity contribution in [1.82, 2.24) is 15.0 Å².